The average Bonchev–Trinajstić information content (AvgIpc) is 2.83. The molecule has 0 saturated heterocycles. The quantitative estimate of drug-likeness (QED) is 0.643. The Kier molecular flexibility index (Phi) is 3.41. The van der Waals surface area contributed by atoms with Gasteiger partial charge in [-0.05, 0) is 18.6 Å². The molecule has 0 aliphatic heterocycles. The minimum absolute atomic E-state index is 0.794. The summed E-state index contributed by atoms with van der Waals surface area (Å²) in [5, 5.41) is 2.50. The summed E-state index contributed by atoms with van der Waals surface area (Å²) in [5.74, 6) is 0.963. The maximum atomic E-state index is 5.92. The Morgan fingerprint density at radius 2 is 1.79 bits per heavy atom. The van der Waals surface area contributed by atoms with Crippen molar-refractivity contribution in [1.82, 2.24) is 4.98 Å². The lowest BCUT2D eigenvalue weighted by atomic mass is 10.1. The first-order valence-corrected chi connectivity index (χ1v) is 7.02. The molecule has 1 heterocycles. The van der Waals surface area contributed by atoms with Crippen molar-refractivity contribution in [2.24, 2.45) is 0 Å². The molecule has 0 spiro atoms. The zero-order chi connectivity index (χ0) is 13.1. The number of aromatic nitrogens is 1. The highest BCUT2D eigenvalue weighted by Gasteiger charge is 2.07. The van der Waals surface area contributed by atoms with Crippen LogP contribution in [-0.2, 0) is 0 Å². The van der Waals surface area contributed by atoms with Crippen LogP contribution < -0.4 is 4.74 Å². The second-order valence-electron chi connectivity index (χ2n) is 4.90. The Bertz CT molecular complexity index is 684. The molecule has 0 atom stereocenters. The van der Waals surface area contributed by atoms with Gasteiger partial charge >= 0.3 is 0 Å². The zero-order valence-electron chi connectivity index (χ0n) is 11.3. The second kappa shape index (κ2) is 5.35. The minimum Gasteiger partial charge on any atom is -0.491 e. The smallest absolute Gasteiger partial charge is 0.143 e. The molecular weight excluding hydrogens is 234 g/mol. The first-order valence-electron chi connectivity index (χ1n) is 7.02. The van der Waals surface area contributed by atoms with Crippen LogP contribution in [-0.4, -0.2) is 11.6 Å². The van der Waals surface area contributed by atoms with Crippen molar-refractivity contribution in [3.05, 3.63) is 42.5 Å². The lowest BCUT2D eigenvalue weighted by Gasteiger charge is -2.06. The number of unbranched alkanes of at least 4 members (excludes halogenated alkanes) is 2. The van der Waals surface area contributed by atoms with Crippen LogP contribution in [0.5, 0.6) is 5.75 Å². The molecule has 3 aromatic rings. The predicted octanol–water partition coefficient (Wildman–Crippen LogP) is 4.89. The van der Waals surface area contributed by atoms with Crippen LogP contribution in [0.25, 0.3) is 21.8 Å². The summed E-state index contributed by atoms with van der Waals surface area (Å²) >= 11 is 0. The molecule has 0 saturated carbocycles. The fourth-order valence-electron chi connectivity index (χ4n) is 2.50. The van der Waals surface area contributed by atoms with Crippen molar-refractivity contribution in [3.8, 4) is 5.75 Å². The van der Waals surface area contributed by atoms with Crippen LogP contribution in [0.2, 0.25) is 0 Å². The Morgan fingerprint density at radius 3 is 2.68 bits per heavy atom. The van der Waals surface area contributed by atoms with Crippen LogP contribution >= 0.6 is 0 Å². The van der Waals surface area contributed by atoms with Gasteiger partial charge in [-0.1, -0.05) is 50.1 Å². The van der Waals surface area contributed by atoms with Gasteiger partial charge in [0.1, 0.15) is 5.75 Å². The van der Waals surface area contributed by atoms with E-state index >= 15 is 0 Å². The maximum Gasteiger partial charge on any atom is 0.143 e. The number of para-hydroxylation sites is 2. The van der Waals surface area contributed by atoms with Gasteiger partial charge in [0.25, 0.3) is 0 Å². The molecule has 2 nitrogen and oxygen atoms in total. The molecule has 19 heavy (non-hydrogen) atoms. The van der Waals surface area contributed by atoms with Crippen molar-refractivity contribution in [2.45, 2.75) is 26.2 Å². The monoisotopic (exact) mass is 253 g/mol. The molecule has 3 rings (SSSR count). The molecule has 2 aromatic carbocycles. The summed E-state index contributed by atoms with van der Waals surface area (Å²) in [6.07, 6.45) is 3.57. The highest BCUT2D eigenvalue weighted by atomic mass is 16.5. The lowest BCUT2D eigenvalue weighted by Crippen LogP contribution is -1.97. The van der Waals surface area contributed by atoms with Gasteiger partial charge in [0.2, 0.25) is 0 Å². The fraction of sp³-hybridized carbons (Fsp3) is 0.294. The Morgan fingerprint density at radius 1 is 0.947 bits per heavy atom. The molecule has 1 N–H and O–H groups in total. The summed E-state index contributed by atoms with van der Waals surface area (Å²) in [4.78, 5) is 3.46. The van der Waals surface area contributed by atoms with Gasteiger partial charge < -0.3 is 9.72 Å². The number of fused-ring (bicyclic) bond motifs is 3. The van der Waals surface area contributed by atoms with Crippen LogP contribution in [0.15, 0.2) is 42.5 Å². The van der Waals surface area contributed by atoms with Crippen molar-refractivity contribution < 1.29 is 4.74 Å². The van der Waals surface area contributed by atoms with Crippen molar-refractivity contribution >= 4 is 21.8 Å². The molecule has 0 bridgehead atoms. The molecule has 0 aliphatic carbocycles. The van der Waals surface area contributed by atoms with Crippen molar-refractivity contribution in [1.29, 1.82) is 0 Å². The predicted molar refractivity (Wildman–Crippen MR) is 80.8 cm³/mol. The molecule has 98 valence electrons. The van der Waals surface area contributed by atoms with E-state index < -0.39 is 0 Å². The summed E-state index contributed by atoms with van der Waals surface area (Å²) < 4.78 is 5.92. The van der Waals surface area contributed by atoms with Crippen LogP contribution in [0.3, 0.4) is 0 Å². The molecular formula is C17H19NO. The fourth-order valence-corrected chi connectivity index (χ4v) is 2.50. The molecule has 1 aromatic heterocycles. The first kappa shape index (κ1) is 12.1. The lowest BCUT2D eigenvalue weighted by molar-refractivity contribution is 0.309. The van der Waals surface area contributed by atoms with Crippen LogP contribution in [0.4, 0.5) is 0 Å². The average molecular weight is 253 g/mol. The first-order chi connectivity index (χ1) is 9.40. The summed E-state index contributed by atoms with van der Waals surface area (Å²) in [6.45, 7) is 3.00. The Labute approximate surface area is 113 Å². The number of hydrogen-bond donors (Lipinski definition) is 1. The van der Waals surface area contributed by atoms with Crippen LogP contribution in [0, 0.1) is 0 Å². The highest BCUT2D eigenvalue weighted by Crippen LogP contribution is 2.31. The van der Waals surface area contributed by atoms with E-state index in [0.717, 1.165) is 24.3 Å². The van der Waals surface area contributed by atoms with E-state index in [1.54, 1.807) is 0 Å². The van der Waals surface area contributed by atoms with Gasteiger partial charge in [-0.3, -0.25) is 0 Å². The minimum atomic E-state index is 0.794. The van der Waals surface area contributed by atoms with Gasteiger partial charge in [-0.15, -0.1) is 0 Å². The standard InChI is InChI=1S/C17H19NO/c1-2-3-6-12-19-16-11-7-9-14-13-8-4-5-10-15(13)18-17(14)16/h4-5,7-11,18H,2-3,6,12H2,1H3. The zero-order valence-corrected chi connectivity index (χ0v) is 11.3. The van der Waals surface area contributed by atoms with Gasteiger partial charge in [0, 0.05) is 16.3 Å². The number of rotatable bonds is 5. The number of H-pyrrole nitrogens is 1. The molecule has 2 heteroatoms. The third-order valence-electron chi connectivity index (χ3n) is 3.51. The SMILES string of the molecule is CCCCCOc1cccc2c1[nH]c1ccccc12. The number of aromatic amines is 1. The number of ether oxygens (including phenoxy) is 1. The van der Waals surface area contributed by atoms with Gasteiger partial charge in [-0.2, -0.15) is 0 Å². The second-order valence-corrected chi connectivity index (χ2v) is 4.90. The molecule has 0 fully saturated rings. The van der Waals surface area contributed by atoms with Gasteiger partial charge in [-0.25, -0.2) is 0 Å². The third kappa shape index (κ3) is 2.30. The molecule has 0 radical (unpaired) electrons. The van der Waals surface area contributed by atoms with E-state index in [9.17, 15) is 0 Å². The number of hydrogen-bond acceptors (Lipinski definition) is 1. The van der Waals surface area contributed by atoms with E-state index in [1.807, 2.05) is 6.07 Å². The Balaban J connectivity index is 1.96. The Hall–Kier alpha value is -1.96. The molecule has 0 amide bonds. The van der Waals surface area contributed by atoms with Gasteiger partial charge in [0.15, 0.2) is 0 Å². The van der Waals surface area contributed by atoms with E-state index in [4.69, 9.17) is 4.74 Å². The summed E-state index contributed by atoms with van der Waals surface area (Å²) in [7, 11) is 0. The van der Waals surface area contributed by atoms with E-state index in [2.05, 4.69) is 48.3 Å². The summed E-state index contributed by atoms with van der Waals surface area (Å²) in [5.41, 5.74) is 2.28. The largest absolute Gasteiger partial charge is 0.491 e. The maximum absolute atomic E-state index is 5.92. The normalized spacial score (nSPS) is 11.2. The van der Waals surface area contributed by atoms with E-state index in [-0.39, 0.29) is 0 Å². The molecule has 0 aliphatic rings. The van der Waals surface area contributed by atoms with Crippen molar-refractivity contribution in [2.75, 3.05) is 6.61 Å². The topological polar surface area (TPSA) is 25.0 Å². The summed E-state index contributed by atoms with van der Waals surface area (Å²) in [6, 6.07) is 14.6. The highest BCUT2D eigenvalue weighted by molar-refractivity contribution is 6.09. The number of benzene rings is 2. The van der Waals surface area contributed by atoms with Gasteiger partial charge in [0.05, 0.1) is 12.1 Å². The van der Waals surface area contributed by atoms with E-state index in [0.29, 0.717) is 0 Å². The van der Waals surface area contributed by atoms with Crippen LogP contribution in [0.1, 0.15) is 26.2 Å². The number of nitrogens with one attached hydrogen (secondary N) is 1. The van der Waals surface area contributed by atoms with Crippen molar-refractivity contribution in [3.63, 3.8) is 0 Å². The molecule has 0 unspecified atom stereocenters. The third-order valence-corrected chi connectivity index (χ3v) is 3.51. The van der Waals surface area contributed by atoms with E-state index in [1.165, 1.54) is 29.1 Å².